The van der Waals surface area contributed by atoms with E-state index in [1.54, 1.807) is 17.0 Å². The topological polar surface area (TPSA) is 147 Å². The van der Waals surface area contributed by atoms with Gasteiger partial charge in [-0.15, -0.1) is 0 Å². The number of imidazole rings is 1. The standard InChI is InChI=1S/C57H71F3N10O3/c1-33(2)52(61)56(71)69-25-9-11-51(69)55-64-46-19-15-39(29-48(46)65-55)50-21-20-49(70(50)42-30-43(59)54(44(60)31-42)67-26-22-37(23-27-67)36-12-16-40(58)17-13-36)38-14-18-45(47(28-38)62-6)63-32-41-10-8-24-68(41)35(5)53(34(3)4)66-57(72)73-7/h12-19,28-31,33-34,37,41,49-53,63H,5-6,8-11,20-27,32,61H2,1-4,7H3,(H,64,65)(H,66,72)/t41-,49+,50+,51-,52-,53-/m0/s1. The Morgan fingerprint density at radius 1 is 0.808 bits per heavy atom. The van der Waals surface area contributed by atoms with Crippen molar-refractivity contribution in [3.63, 3.8) is 0 Å². The number of benzene rings is 4. The van der Waals surface area contributed by atoms with Crippen molar-refractivity contribution in [3.05, 3.63) is 125 Å². The van der Waals surface area contributed by atoms with Crippen molar-refractivity contribution in [2.75, 3.05) is 55.0 Å². The number of hydrogen-bond donors (Lipinski definition) is 4. The second-order valence-corrected chi connectivity index (χ2v) is 21.1. The molecule has 5 aromatic rings. The molecule has 6 atom stereocenters. The number of methoxy groups -OCH3 is 1. The monoisotopic (exact) mass is 1000 g/mol. The van der Waals surface area contributed by atoms with Gasteiger partial charge in [-0.1, -0.05) is 58.5 Å². The highest BCUT2D eigenvalue weighted by atomic mass is 19.1. The fraction of sp³-hybridized carbons (Fsp3) is 0.474. The van der Waals surface area contributed by atoms with Gasteiger partial charge in [0.1, 0.15) is 17.3 Å². The average molecular weight is 1000 g/mol. The Morgan fingerprint density at radius 3 is 2.11 bits per heavy atom. The summed E-state index contributed by atoms with van der Waals surface area (Å²) >= 11 is 0. The molecule has 1 aromatic heterocycles. The van der Waals surface area contributed by atoms with E-state index in [9.17, 15) is 14.0 Å². The number of nitrogens with two attached hydrogens (primary N) is 1. The second-order valence-electron chi connectivity index (χ2n) is 21.1. The third-order valence-corrected chi connectivity index (χ3v) is 15.9. The summed E-state index contributed by atoms with van der Waals surface area (Å²) in [6, 6.07) is 20.1. The third kappa shape index (κ3) is 10.6. The zero-order valence-corrected chi connectivity index (χ0v) is 42.9. The summed E-state index contributed by atoms with van der Waals surface area (Å²) < 4.78 is 52.1. The van der Waals surface area contributed by atoms with Crippen molar-refractivity contribution in [1.29, 1.82) is 0 Å². The number of nitrogens with one attached hydrogen (secondary N) is 3. The molecule has 73 heavy (non-hydrogen) atoms. The summed E-state index contributed by atoms with van der Waals surface area (Å²) in [6.07, 6.45) is 5.82. The Labute approximate surface area is 427 Å². The first-order valence-corrected chi connectivity index (χ1v) is 26.1. The third-order valence-electron chi connectivity index (χ3n) is 15.9. The molecule has 2 amide bonds. The Morgan fingerprint density at radius 2 is 1.45 bits per heavy atom. The fourth-order valence-corrected chi connectivity index (χ4v) is 11.9. The molecule has 0 spiro atoms. The number of aromatic nitrogens is 2. The van der Waals surface area contributed by atoms with Crippen LogP contribution in [0.1, 0.15) is 126 Å². The van der Waals surface area contributed by atoms with Crippen LogP contribution in [0.2, 0.25) is 0 Å². The average Bonchev–Trinajstić information content (AvgIpc) is 4.23. The molecule has 0 bridgehead atoms. The van der Waals surface area contributed by atoms with Gasteiger partial charge < -0.3 is 45.7 Å². The van der Waals surface area contributed by atoms with Gasteiger partial charge in [-0.3, -0.25) is 9.79 Å². The first-order valence-electron chi connectivity index (χ1n) is 26.1. The van der Waals surface area contributed by atoms with Crippen molar-refractivity contribution in [2.45, 2.75) is 121 Å². The number of H-pyrrole nitrogens is 1. The number of nitrogens with zero attached hydrogens (tertiary/aromatic N) is 6. The molecule has 388 valence electrons. The molecule has 0 aliphatic carbocycles. The van der Waals surface area contributed by atoms with Crippen LogP contribution in [0.25, 0.3) is 11.0 Å². The summed E-state index contributed by atoms with van der Waals surface area (Å²) in [7, 11) is 1.36. The van der Waals surface area contributed by atoms with Crippen LogP contribution >= 0.6 is 0 Å². The number of carbonyl (C=O) groups is 2. The number of likely N-dealkylation sites (tertiary alicyclic amines) is 2. The Hall–Kier alpha value is -6.55. The zero-order valence-electron chi connectivity index (χ0n) is 42.9. The summed E-state index contributed by atoms with van der Waals surface area (Å²) in [5.41, 5.74) is 13.5. The van der Waals surface area contributed by atoms with Crippen molar-refractivity contribution >= 4 is 52.5 Å². The van der Waals surface area contributed by atoms with E-state index in [0.29, 0.717) is 63.2 Å². The number of carbonyl (C=O) groups excluding carboxylic acids is 2. The van der Waals surface area contributed by atoms with E-state index in [1.807, 2.05) is 50.8 Å². The predicted molar refractivity (Wildman–Crippen MR) is 284 cm³/mol. The van der Waals surface area contributed by atoms with Crippen molar-refractivity contribution in [2.24, 2.45) is 22.6 Å². The van der Waals surface area contributed by atoms with Gasteiger partial charge in [0.05, 0.1) is 59.7 Å². The molecule has 16 heteroatoms. The number of amides is 2. The van der Waals surface area contributed by atoms with E-state index in [1.165, 1.54) is 31.4 Å². The van der Waals surface area contributed by atoms with Gasteiger partial charge >= 0.3 is 6.09 Å². The number of aromatic amines is 1. The maximum atomic E-state index is 16.8. The molecule has 0 unspecified atom stereocenters. The molecule has 13 nitrogen and oxygen atoms in total. The number of alkyl carbamates (subject to hydrolysis) is 1. The first kappa shape index (κ1) is 51.4. The number of piperidine rings is 1. The van der Waals surface area contributed by atoms with Gasteiger partial charge in [-0.05, 0) is 141 Å². The highest BCUT2D eigenvalue weighted by Crippen LogP contribution is 2.50. The van der Waals surface area contributed by atoms with Crippen LogP contribution in [0.5, 0.6) is 0 Å². The smallest absolute Gasteiger partial charge is 0.407 e. The lowest BCUT2D eigenvalue weighted by molar-refractivity contribution is -0.134. The van der Waals surface area contributed by atoms with E-state index in [-0.39, 0.29) is 65.4 Å². The van der Waals surface area contributed by atoms with E-state index < -0.39 is 23.8 Å². The van der Waals surface area contributed by atoms with Gasteiger partial charge in [0.25, 0.3) is 0 Å². The number of aliphatic imine (C=N–C) groups is 1. The van der Waals surface area contributed by atoms with Crippen LogP contribution < -0.4 is 26.2 Å². The van der Waals surface area contributed by atoms with Crippen LogP contribution in [-0.2, 0) is 9.53 Å². The highest BCUT2D eigenvalue weighted by molar-refractivity contribution is 5.83. The minimum absolute atomic E-state index is 0.00624. The molecular weight excluding hydrogens is 930 g/mol. The molecule has 4 fully saturated rings. The Balaban J connectivity index is 1.000. The molecule has 0 saturated carbocycles. The van der Waals surface area contributed by atoms with E-state index in [4.69, 9.17) is 15.5 Å². The quantitative estimate of drug-likeness (QED) is 0.0709. The Bertz CT molecular complexity index is 2790. The lowest BCUT2D eigenvalue weighted by Crippen LogP contribution is -2.47. The molecule has 0 radical (unpaired) electrons. The molecule has 4 aromatic carbocycles. The number of fused-ring (bicyclic) bond motifs is 1. The molecule has 4 aliphatic heterocycles. The molecule has 4 aliphatic rings. The van der Waals surface area contributed by atoms with Crippen LogP contribution in [0, 0.1) is 29.3 Å². The highest BCUT2D eigenvalue weighted by Gasteiger charge is 2.39. The number of rotatable bonds is 16. The van der Waals surface area contributed by atoms with E-state index in [2.05, 4.69) is 61.9 Å². The second kappa shape index (κ2) is 21.9. The summed E-state index contributed by atoms with van der Waals surface area (Å²) in [5.74, 6) is -0.616. The van der Waals surface area contributed by atoms with Crippen LogP contribution in [0.3, 0.4) is 0 Å². The van der Waals surface area contributed by atoms with Crippen LogP contribution in [-0.4, -0.2) is 96.4 Å². The lowest BCUT2D eigenvalue weighted by atomic mass is 9.89. The molecule has 5 heterocycles. The molecule has 5 N–H and O–H groups in total. The maximum Gasteiger partial charge on any atom is 0.407 e. The van der Waals surface area contributed by atoms with Gasteiger partial charge in [-0.2, -0.15) is 0 Å². The summed E-state index contributed by atoms with van der Waals surface area (Å²) in [6.45, 7) is 19.3. The minimum Gasteiger partial charge on any atom is -0.453 e. The fourth-order valence-electron chi connectivity index (χ4n) is 11.9. The lowest BCUT2D eigenvalue weighted by Gasteiger charge is -2.36. The van der Waals surface area contributed by atoms with Crippen LogP contribution in [0.15, 0.2) is 90.1 Å². The minimum atomic E-state index is -0.627. The normalized spacial score (nSPS) is 21.4. The van der Waals surface area contributed by atoms with Crippen molar-refractivity contribution in [3.8, 4) is 0 Å². The van der Waals surface area contributed by atoms with Crippen LogP contribution in [0.4, 0.5) is 40.7 Å². The number of ether oxygens (including phenoxy) is 1. The first-order chi connectivity index (χ1) is 35.1. The van der Waals surface area contributed by atoms with Crippen molar-refractivity contribution < 1.29 is 27.5 Å². The maximum absolute atomic E-state index is 16.8. The van der Waals surface area contributed by atoms with Gasteiger partial charge in [0.2, 0.25) is 5.91 Å². The SMILES string of the molecule is C=Nc1cc([C@H]2CC[C@H](c3ccc4[nH]c([C@@H]5CCCN5C(=O)[C@@H](N)C(C)C)nc4c3)N2c2cc(F)c(N3CCC(c4ccc(F)cc4)CC3)c(F)c2)ccc1NC[C@@H]1CCCN1C(=C)[C@@H](NC(=O)OC)C(C)C. The largest absolute Gasteiger partial charge is 0.453 e. The number of halogens is 3. The van der Waals surface area contributed by atoms with Gasteiger partial charge in [0, 0.05) is 50.2 Å². The van der Waals surface area contributed by atoms with E-state index in [0.717, 1.165) is 77.2 Å². The molecule has 4 saturated heterocycles. The predicted octanol–water partition coefficient (Wildman–Crippen LogP) is 11.2. The molecule has 9 rings (SSSR count). The van der Waals surface area contributed by atoms with Gasteiger partial charge in [0.15, 0.2) is 11.6 Å². The summed E-state index contributed by atoms with van der Waals surface area (Å²) in [4.78, 5) is 46.8. The van der Waals surface area contributed by atoms with Crippen molar-refractivity contribution in [1.82, 2.24) is 25.1 Å². The number of hydrogen-bond acceptors (Lipinski definition) is 10. The van der Waals surface area contributed by atoms with Gasteiger partial charge in [-0.25, -0.2) is 22.9 Å². The van der Waals surface area contributed by atoms with E-state index >= 15 is 8.78 Å². The zero-order chi connectivity index (χ0) is 51.7. The molecular formula is C57H71F3N10O3. The number of anilines is 3. The Kier molecular flexibility index (Phi) is 15.4. The summed E-state index contributed by atoms with van der Waals surface area (Å²) in [5, 5.41) is 6.59.